The number of carbonyl (C=O) groups is 2. The Morgan fingerprint density at radius 1 is 1.09 bits per heavy atom. The zero-order valence-corrected chi connectivity index (χ0v) is 20.5. The van der Waals surface area contributed by atoms with Crippen LogP contribution in [-0.2, 0) is 9.47 Å². The molecule has 8 heteroatoms. The molecule has 1 saturated heterocycles. The zero-order valence-electron chi connectivity index (χ0n) is 20.5. The Bertz CT molecular complexity index is 993. The fourth-order valence-corrected chi connectivity index (χ4v) is 4.58. The van der Waals surface area contributed by atoms with Gasteiger partial charge in [0.1, 0.15) is 6.17 Å². The van der Waals surface area contributed by atoms with Crippen molar-refractivity contribution in [2.24, 2.45) is 0 Å². The van der Waals surface area contributed by atoms with Crippen LogP contribution in [0.3, 0.4) is 0 Å². The third-order valence-corrected chi connectivity index (χ3v) is 6.42. The van der Waals surface area contributed by atoms with Gasteiger partial charge in [0, 0.05) is 61.8 Å². The molecule has 2 aliphatic heterocycles. The number of benzene rings is 2. The molecule has 2 aromatic rings. The van der Waals surface area contributed by atoms with Crippen molar-refractivity contribution >= 4 is 17.5 Å². The number of fused-ring (bicyclic) bond motifs is 1. The molecule has 2 amide bonds. The third kappa shape index (κ3) is 6.60. The summed E-state index contributed by atoms with van der Waals surface area (Å²) in [6.45, 7) is 8.91. The lowest BCUT2D eigenvalue weighted by Gasteiger charge is -2.27. The Balaban J connectivity index is 1.36. The zero-order chi connectivity index (χ0) is 24.5. The summed E-state index contributed by atoms with van der Waals surface area (Å²) in [5, 5.41) is 6.52. The van der Waals surface area contributed by atoms with Gasteiger partial charge in [-0.15, -0.1) is 0 Å². The van der Waals surface area contributed by atoms with Gasteiger partial charge in [-0.3, -0.25) is 14.5 Å². The molecule has 2 N–H and O–H groups in total. The van der Waals surface area contributed by atoms with Crippen molar-refractivity contribution in [3.8, 4) is 0 Å². The van der Waals surface area contributed by atoms with E-state index in [1.165, 1.54) is 0 Å². The first kappa shape index (κ1) is 25.2. The van der Waals surface area contributed by atoms with E-state index in [0.29, 0.717) is 31.9 Å². The Kier molecular flexibility index (Phi) is 9.11. The van der Waals surface area contributed by atoms with Crippen molar-refractivity contribution < 1.29 is 19.1 Å². The lowest BCUT2D eigenvalue weighted by Crippen LogP contribution is -2.38. The van der Waals surface area contributed by atoms with Crippen LogP contribution >= 0.6 is 0 Å². The van der Waals surface area contributed by atoms with Crippen LogP contribution in [-0.4, -0.2) is 80.8 Å². The van der Waals surface area contributed by atoms with Crippen LogP contribution in [0, 0.1) is 0 Å². The quantitative estimate of drug-likeness (QED) is 0.454. The Hall–Kier alpha value is -2.94. The minimum atomic E-state index is -0.285. The van der Waals surface area contributed by atoms with Crippen molar-refractivity contribution in [1.82, 2.24) is 15.1 Å². The molecule has 1 unspecified atom stereocenters. The lowest BCUT2D eigenvalue weighted by atomic mass is 10.1. The number of anilines is 1. The fraction of sp³-hybridized carbons (Fsp3) is 0.481. The average molecular weight is 481 g/mol. The maximum atomic E-state index is 13.1. The number of amides is 2. The van der Waals surface area contributed by atoms with E-state index in [9.17, 15) is 9.59 Å². The highest BCUT2D eigenvalue weighted by molar-refractivity contribution is 5.99. The van der Waals surface area contributed by atoms with Crippen LogP contribution in [0.2, 0.25) is 0 Å². The van der Waals surface area contributed by atoms with E-state index < -0.39 is 0 Å². The largest absolute Gasteiger partial charge is 0.382 e. The highest BCUT2D eigenvalue weighted by Crippen LogP contribution is 2.34. The number of rotatable bonds is 12. The predicted octanol–water partition coefficient (Wildman–Crippen LogP) is 3.13. The smallest absolute Gasteiger partial charge is 0.256 e. The van der Waals surface area contributed by atoms with Gasteiger partial charge >= 0.3 is 0 Å². The topological polar surface area (TPSA) is 83.1 Å². The van der Waals surface area contributed by atoms with Crippen molar-refractivity contribution in [3.05, 3.63) is 65.2 Å². The van der Waals surface area contributed by atoms with Crippen molar-refractivity contribution in [1.29, 1.82) is 0 Å². The fourth-order valence-electron chi connectivity index (χ4n) is 4.58. The van der Waals surface area contributed by atoms with Crippen LogP contribution in [0.15, 0.2) is 48.5 Å². The van der Waals surface area contributed by atoms with Crippen molar-refractivity contribution in [2.75, 3.05) is 64.5 Å². The number of hydrogen-bond donors (Lipinski definition) is 2. The minimum absolute atomic E-state index is 0.0174. The Morgan fingerprint density at radius 3 is 2.74 bits per heavy atom. The van der Waals surface area contributed by atoms with Crippen molar-refractivity contribution in [3.63, 3.8) is 0 Å². The van der Waals surface area contributed by atoms with Crippen molar-refractivity contribution in [2.45, 2.75) is 25.9 Å². The van der Waals surface area contributed by atoms with E-state index in [4.69, 9.17) is 9.47 Å². The molecule has 2 aromatic carbocycles. The Labute approximate surface area is 207 Å². The number of ether oxygens (including phenoxy) is 2. The first-order valence-electron chi connectivity index (χ1n) is 12.6. The first-order chi connectivity index (χ1) is 17.2. The summed E-state index contributed by atoms with van der Waals surface area (Å²) in [6, 6.07) is 15.2. The number of morpholine rings is 1. The molecule has 2 heterocycles. The van der Waals surface area contributed by atoms with Crippen LogP contribution in [0.4, 0.5) is 5.69 Å². The average Bonchev–Trinajstić information content (AvgIpc) is 3.16. The second-order valence-electron chi connectivity index (χ2n) is 8.83. The maximum absolute atomic E-state index is 13.1. The van der Waals surface area contributed by atoms with E-state index in [-0.39, 0.29) is 18.0 Å². The van der Waals surface area contributed by atoms with Gasteiger partial charge < -0.3 is 25.0 Å². The monoisotopic (exact) mass is 480 g/mol. The van der Waals surface area contributed by atoms with Gasteiger partial charge in [-0.25, -0.2) is 0 Å². The molecule has 0 aliphatic carbocycles. The molecule has 0 aromatic heterocycles. The standard InChI is InChI=1S/C27H36N4O4/c1-2-34-17-7-14-31-25(23-10-3-4-11-24(23)27(31)33)29-22-9-5-8-21(20-22)26(32)28-12-6-13-30-15-18-35-19-16-30/h3-5,8-11,20,25,29H,2,6-7,12-19H2,1H3,(H,28,32). The van der Waals surface area contributed by atoms with Gasteiger partial charge in [0.2, 0.25) is 0 Å². The number of hydrogen-bond acceptors (Lipinski definition) is 6. The molecule has 1 atom stereocenters. The summed E-state index contributed by atoms with van der Waals surface area (Å²) in [7, 11) is 0. The van der Waals surface area contributed by atoms with Gasteiger partial charge in [0.25, 0.3) is 11.8 Å². The third-order valence-electron chi connectivity index (χ3n) is 6.42. The van der Waals surface area contributed by atoms with Crippen LogP contribution < -0.4 is 10.6 Å². The summed E-state index contributed by atoms with van der Waals surface area (Å²) in [6.07, 6.45) is 1.38. The number of carbonyl (C=O) groups excluding carboxylic acids is 2. The number of nitrogens with one attached hydrogen (secondary N) is 2. The highest BCUT2D eigenvalue weighted by atomic mass is 16.5. The minimum Gasteiger partial charge on any atom is -0.382 e. The molecule has 1 fully saturated rings. The highest BCUT2D eigenvalue weighted by Gasteiger charge is 2.36. The predicted molar refractivity (Wildman–Crippen MR) is 136 cm³/mol. The van der Waals surface area contributed by atoms with Gasteiger partial charge in [-0.05, 0) is 50.6 Å². The van der Waals surface area contributed by atoms with Gasteiger partial charge in [0.15, 0.2) is 0 Å². The second-order valence-corrected chi connectivity index (χ2v) is 8.83. The molecule has 0 spiro atoms. The Morgan fingerprint density at radius 2 is 1.91 bits per heavy atom. The first-order valence-corrected chi connectivity index (χ1v) is 12.6. The molecule has 0 saturated carbocycles. The van der Waals surface area contributed by atoms with Gasteiger partial charge in [-0.1, -0.05) is 24.3 Å². The van der Waals surface area contributed by atoms with Crippen LogP contribution in [0.5, 0.6) is 0 Å². The van der Waals surface area contributed by atoms with E-state index >= 15 is 0 Å². The SMILES string of the molecule is CCOCCCN1C(=O)c2ccccc2C1Nc1cccc(C(=O)NCCCN2CCOCC2)c1. The summed E-state index contributed by atoms with van der Waals surface area (Å²) in [5.74, 6) is -0.0733. The van der Waals surface area contributed by atoms with E-state index in [0.717, 1.165) is 62.5 Å². The number of nitrogens with zero attached hydrogens (tertiary/aromatic N) is 2. The van der Waals surface area contributed by atoms with Crippen LogP contribution in [0.25, 0.3) is 0 Å². The molecular weight excluding hydrogens is 444 g/mol. The summed E-state index contributed by atoms with van der Waals surface area (Å²) < 4.78 is 10.8. The molecule has 0 radical (unpaired) electrons. The molecule has 8 nitrogen and oxygen atoms in total. The molecule has 4 rings (SSSR count). The van der Waals surface area contributed by atoms with E-state index in [2.05, 4.69) is 15.5 Å². The molecular formula is C27H36N4O4. The molecule has 188 valence electrons. The molecule has 2 aliphatic rings. The second kappa shape index (κ2) is 12.7. The normalized spacial score (nSPS) is 17.9. The maximum Gasteiger partial charge on any atom is 0.256 e. The van der Waals surface area contributed by atoms with E-state index in [1.54, 1.807) is 0 Å². The van der Waals surface area contributed by atoms with Crippen LogP contribution in [0.1, 0.15) is 52.2 Å². The summed E-state index contributed by atoms with van der Waals surface area (Å²) in [5.41, 5.74) is 3.07. The molecule has 0 bridgehead atoms. The van der Waals surface area contributed by atoms with E-state index in [1.807, 2.05) is 60.4 Å². The lowest BCUT2D eigenvalue weighted by molar-refractivity contribution is 0.0374. The van der Waals surface area contributed by atoms with Gasteiger partial charge in [-0.2, -0.15) is 0 Å². The summed E-state index contributed by atoms with van der Waals surface area (Å²) in [4.78, 5) is 30.0. The summed E-state index contributed by atoms with van der Waals surface area (Å²) >= 11 is 0. The van der Waals surface area contributed by atoms with Gasteiger partial charge in [0.05, 0.1) is 13.2 Å². The molecule has 35 heavy (non-hydrogen) atoms.